The van der Waals surface area contributed by atoms with Gasteiger partial charge in [-0.15, -0.1) is 0 Å². The van der Waals surface area contributed by atoms with Crippen LogP contribution in [-0.4, -0.2) is 163 Å². The van der Waals surface area contributed by atoms with E-state index < -0.39 is 160 Å². The number of hydrogen-bond acceptors (Lipinski definition) is 22. The molecule has 0 unspecified atom stereocenters. The van der Waals surface area contributed by atoms with E-state index >= 15 is 0 Å². The Kier molecular flexibility index (Phi) is 22.2. The van der Waals surface area contributed by atoms with Gasteiger partial charge in [0.15, 0.2) is 62.8 Å². The number of unbranched alkanes of at least 4 members (excludes halogenated alkanes) is 2. The summed E-state index contributed by atoms with van der Waals surface area (Å²) in [6.45, 7) is 8.75. The van der Waals surface area contributed by atoms with Crippen molar-refractivity contribution in [3.05, 3.63) is 0 Å². The van der Waals surface area contributed by atoms with E-state index in [1.807, 2.05) is 0 Å². The summed E-state index contributed by atoms with van der Waals surface area (Å²) < 4.78 is 115. The molecule has 0 spiro atoms. The van der Waals surface area contributed by atoms with E-state index in [2.05, 4.69) is 0 Å². The van der Waals surface area contributed by atoms with Crippen molar-refractivity contribution < 1.29 is 103 Å². The zero-order valence-electron chi connectivity index (χ0n) is 36.4. The molecule has 0 N–H and O–H groups in total. The van der Waals surface area contributed by atoms with E-state index in [9.17, 15) is 50.4 Å². The molecule has 0 aromatic rings. The highest BCUT2D eigenvalue weighted by molar-refractivity contribution is 7.92. The van der Waals surface area contributed by atoms with Crippen LogP contribution in [0, 0.1) is 5.92 Å². The van der Waals surface area contributed by atoms with E-state index in [0.29, 0.717) is 25.7 Å². The summed E-state index contributed by atoms with van der Waals surface area (Å²) in [6.07, 6.45) is -15.4. The quantitative estimate of drug-likeness (QED) is 0.0949. The van der Waals surface area contributed by atoms with Gasteiger partial charge in [-0.2, -0.15) is 0 Å². The third-order valence-electron chi connectivity index (χ3n) is 8.98. The number of hydrogen-bond donors (Lipinski definition) is 0. The number of sulfone groups is 2. The fourth-order valence-corrected chi connectivity index (χ4v) is 10.4. The maximum absolute atomic E-state index is 13.1. The smallest absolute Gasteiger partial charge is 0.303 e. The number of esters is 7. The average Bonchev–Trinajstić information content (AvgIpc) is 3.13. The Morgan fingerprint density at radius 1 is 0.484 bits per heavy atom. The van der Waals surface area contributed by atoms with Crippen LogP contribution < -0.4 is 0 Å². The van der Waals surface area contributed by atoms with E-state index in [4.69, 9.17) is 52.1 Å². The van der Waals surface area contributed by atoms with Crippen molar-refractivity contribution >= 4 is 61.5 Å². The SMILES string of the molecule is CCCCS(=O)(=O)CC(CO[C@@H]1O[C@H](COC(C)=O)[C@H](O[C@H]2O[C@H](COC(C)=O)[C@H](OC(C)=O)[C@H](OC(C)=O)[C@H]2OC(C)=O)[C@H](OC(C)=O)[C@H]1OC(C)=O)CS(=O)(=O)CCCC. The summed E-state index contributed by atoms with van der Waals surface area (Å²) in [4.78, 5) is 86.7. The van der Waals surface area contributed by atoms with Crippen LogP contribution in [0.3, 0.4) is 0 Å². The first-order chi connectivity index (χ1) is 28.9. The minimum absolute atomic E-state index is 0.220. The first-order valence-corrected chi connectivity index (χ1v) is 23.6. The van der Waals surface area contributed by atoms with Crippen LogP contribution in [0.1, 0.15) is 88.0 Å². The summed E-state index contributed by atoms with van der Waals surface area (Å²) >= 11 is 0. The van der Waals surface area contributed by atoms with E-state index in [-0.39, 0.29) is 11.5 Å². The fourth-order valence-electron chi connectivity index (χ4n) is 6.60. The van der Waals surface area contributed by atoms with Crippen molar-refractivity contribution in [3.8, 4) is 0 Å². The van der Waals surface area contributed by atoms with Crippen LogP contribution in [0.4, 0.5) is 0 Å². The number of carbonyl (C=O) groups excluding carboxylic acids is 7. The summed E-state index contributed by atoms with van der Waals surface area (Å²) in [5, 5.41) is 0. The molecule has 2 aliphatic heterocycles. The Labute approximate surface area is 361 Å². The molecule has 2 aliphatic rings. The van der Waals surface area contributed by atoms with E-state index in [0.717, 1.165) is 48.5 Å². The molecule has 2 heterocycles. The second-order valence-corrected chi connectivity index (χ2v) is 19.3. The maximum Gasteiger partial charge on any atom is 0.303 e. The molecule has 0 bridgehead atoms. The molecule has 24 heteroatoms. The Balaban J connectivity index is 2.77. The van der Waals surface area contributed by atoms with Gasteiger partial charge in [-0.1, -0.05) is 26.7 Å². The summed E-state index contributed by atoms with van der Waals surface area (Å²) in [5.74, 6) is -9.23. The molecular formula is C38H60O22S2. The molecule has 356 valence electrons. The van der Waals surface area contributed by atoms with Gasteiger partial charge in [0.2, 0.25) is 0 Å². The molecule has 0 aliphatic carbocycles. The van der Waals surface area contributed by atoms with Crippen LogP contribution in [0.15, 0.2) is 0 Å². The number of rotatable bonds is 24. The predicted molar refractivity (Wildman–Crippen MR) is 210 cm³/mol. The van der Waals surface area contributed by atoms with E-state index in [1.54, 1.807) is 13.8 Å². The van der Waals surface area contributed by atoms with Gasteiger partial charge in [-0.25, -0.2) is 16.8 Å². The van der Waals surface area contributed by atoms with Crippen LogP contribution >= 0.6 is 0 Å². The number of ether oxygens (including phenoxy) is 11. The minimum Gasteiger partial charge on any atom is -0.463 e. The van der Waals surface area contributed by atoms with Crippen LogP contribution in [0.2, 0.25) is 0 Å². The summed E-state index contributed by atoms with van der Waals surface area (Å²) in [7, 11) is -7.61. The highest BCUT2D eigenvalue weighted by atomic mass is 32.2. The monoisotopic (exact) mass is 932 g/mol. The van der Waals surface area contributed by atoms with Crippen molar-refractivity contribution in [1.82, 2.24) is 0 Å². The van der Waals surface area contributed by atoms with Crippen LogP contribution in [-0.2, 0) is 105 Å². The molecule has 0 aromatic heterocycles. The normalized spacial score (nSPS) is 26.4. The molecule has 2 fully saturated rings. The van der Waals surface area contributed by atoms with Gasteiger partial charge >= 0.3 is 41.8 Å². The molecule has 0 aromatic carbocycles. The minimum atomic E-state index is -3.81. The molecule has 0 amide bonds. The molecule has 0 radical (unpaired) electrons. The van der Waals surface area contributed by atoms with Gasteiger partial charge in [0, 0.05) is 54.4 Å². The number of carbonyl (C=O) groups is 7. The molecular weight excluding hydrogens is 873 g/mol. The average molecular weight is 933 g/mol. The largest absolute Gasteiger partial charge is 0.463 e. The maximum atomic E-state index is 13.1. The van der Waals surface area contributed by atoms with Gasteiger partial charge in [-0.3, -0.25) is 33.6 Å². The first-order valence-electron chi connectivity index (χ1n) is 20.0. The van der Waals surface area contributed by atoms with Gasteiger partial charge in [0.05, 0.1) is 29.6 Å². The second kappa shape index (κ2) is 25.4. The van der Waals surface area contributed by atoms with Crippen molar-refractivity contribution in [1.29, 1.82) is 0 Å². The Morgan fingerprint density at radius 2 is 0.839 bits per heavy atom. The fraction of sp³-hybridized carbons (Fsp3) is 0.816. The topological polar surface area (TPSA) is 289 Å². The Hall–Kier alpha value is -3.97. The molecule has 10 atom stereocenters. The standard InChI is InChI=1S/C38H60O22S2/c1-10-12-14-61(46,47)19-28(20-62(48,49)15-13-11-2)16-52-37-35(56-26(8)44)34(55-25(7)43)32(30(58-37)18-51-22(4)40)60-38-36(57-27(9)45)33(54-24(6)42)31(53-23(5)41)29(59-38)17-50-21(3)39/h28-38H,10-20H2,1-9H3/t29-,30-,31+,32+,33+,34+,35-,36-,37-,38-/m1/s1. The van der Waals surface area contributed by atoms with E-state index in [1.165, 1.54) is 0 Å². The zero-order valence-corrected chi connectivity index (χ0v) is 38.1. The lowest BCUT2D eigenvalue weighted by Gasteiger charge is -2.48. The van der Waals surface area contributed by atoms with Crippen LogP contribution in [0.25, 0.3) is 0 Å². The van der Waals surface area contributed by atoms with Gasteiger partial charge < -0.3 is 52.1 Å². The third-order valence-corrected chi connectivity index (χ3v) is 12.8. The first kappa shape index (κ1) is 54.2. The lowest BCUT2D eigenvalue weighted by Crippen LogP contribution is -2.67. The van der Waals surface area contributed by atoms with Crippen molar-refractivity contribution in [2.75, 3.05) is 42.8 Å². The molecule has 2 saturated heterocycles. The second-order valence-electron chi connectivity index (χ2n) is 14.8. The predicted octanol–water partition coefficient (Wildman–Crippen LogP) is 0.669. The van der Waals surface area contributed by atoms with Crippen LogP contribution in [0.5, 0.6) is 0 Å². The Morgan fingerprint density at radius 3 is 1.24 bits per heavy atom. The summed E-state index contributed by atoms with van der Waals surface area (Å²) in [5.41, 5.74) is 0. The highest BCUT2D eigenvalue weighted by Crippen LogP contribution is 2.36. The zero-order chi connectivity index (χ0) is 46.9. The van der Waals surface area contributed by atoms with Gasteiger partial charge in [0.1, 0.15) is 31.5 Å². The molecule has 0 saturated carbocycles. The summed E-state index contributed by atoms with van der Waals surface area (Å²) in [6, 6.07) is 0. The van der Waals surface area contributed by atoms with Crippen molar-refractivity contribution in [3.63, 3.8) is 0 Å². The van der Waals surface area contributed by atoms with Gasteiger partial charge in [0.25, 0.3) is 0 Å². The molecule has 2 rings (SSSR count). The third kappa shape index (κ3) is 18.8. The van der Waals surface area contributed by atoms with Crippen molar-refractivity contribution in [2.45, 2.75) is 149 Å². The van der Waals surface area contributed by atoms with Crippen molar-refractivity contribution in [2.24, 2.45) is 5.92 Å². The lowest BCUT2D eigenvalue weighted by atomic mass is 9.96. The van der Waals surface area contributed by atoms with Gasteiger partial charge in [-0.05, 0) is 12.8 Å². The Bertz CT molecular complexity index is 1720. The highest BCUT2D eigenvalue weighted by Gasteiger charge is 2.57. The molecule has 22 nitrogen and oxygen atoms in total. The lowest BCUT2D eigenvalue weighted by molar-refractivity contribution is -0.361. The molecule has 62 heavy (non-hydrogen) atoms.